The fraction of sp³-hybridized carbons (Fsp3) is 0.200. The van der Waals surface area contributed by atoms with Gasteiger partial charge in [0.25, 0.3) is 0 Å². The number of nitrogens with one attached hydrogen (secondary N) is 1. The number of aromatic nitrogens is 5. The van der Waals surface area contributed by atoms with Crippen LogP contribution in [0, 0.1) is 17.0 Å². The van der Waals surface area contributed by atoms with Crippen molar-refractivity contribution in [2.45, 2.75) is 20.0 Å². The summed E-state index contributed by atoms with van der Waals surface area (Å²) in [6, 6.07) is 9.72. The third-order valence-electron chi connectivity index (χ3n) is 3.40. The van der Waals surface area contributed by atoms with Crippen LogP contribution < -0.4 is 5.32 Å². The summed E-state index contributed by atoms with van der Waals surface area (Å²) in [6.45, 7) is 1.88. The van der Waals surface area contributed by atoms with Crippen molar-refractivity contribution in [2.75, 3.05) is 5.32 Å². The van der Waals surface area contributed by atoms with Crippen LogP contribution in [0.15, 0.2) is 42.9 Å². The number of nitro groups is 1. The Balaban J connectivity index is 1.60. The van der Waals surface area contributed by atoms with Gasteiger partial charge in [-0.2, -0.15) is 5.10 Å². The van der Waals surface area contributed by atoms with Crippen LogP contribution in [-0.4, -0.2) is 35.4 Å². The third kappa shape index (κ3) is 4.05. The Morgan fingerprint density at radius 3 is 2.68 bits per heavy atom. The Morgan fingerprint density at radius 1 is 1.24 bits per heavy atom. The molecule has 25 heavy (non-hydrogen) atoms. The molecule has 1 aromatic carbocycles. The normalized spacial score (nSPS) is 10.6. The fourth-order valence-corrected chi connectivity index (χ4v) is 2.28. The number of anilines is 1. The lowest BCUT2D eigenvalue weighted by Gasteiger charge is -2.01. The zero-order chi connectivity index (χ0) is 17.8. The molecule has 0 spiro atoms. The highest BCUT2D eigenvalue weighted by atomic mass is 16.6. The number of nitrogens with zero attached hydrogens (tertiary/aromatic N) is 6. The standard InChI is InChI=1S/C15H15N7O3/c1-11-13(22(24)25)8-20(18-11)9-14(23)17-15-16-10-21(19-15)7-12-5-3-2-4-6-12/h2-6,8,10H,7,9H2,1H3,(H,17,19,23). The highest BCUT2D eigenvalue weighted by Gasteiger charge is 2.17. The fourth-order valence-electron chi connectivity index (χ4n) is 2.28. The van der Waals surface area contributed by atoms with E-state index in [1.807, 2.05) is 30.3 Å². The number of amides is 1. The van der Waals surface area contributed by atoms with Crippen molar-refractivity contribution < 1.29 is 9.72 Å². The molecule has 0 unspecified atom stereocenters. The molecule has 0 saturated carbocycles. The van der Waals surface area contributed by atoms with Gasteiger partial charge in [-0.3, -0.25) is 24.9 Å². The molecule has 0 radical (unpaired) electrons. The van der Waals surface area contributed by atoms with E-state index >= 15 is 0 Å². The Bertz CT molecular complexity index is 901. The quantitative estimate of drug-likeness (QED) is 0.534. The molecule has 0 bridgehead atoms. The maximum atomic E-state index is 12.0. The first kappa shape index (κ1) is 16.3. The molecule has 0 aliphatic carbocycles. The van der Waals surface area contributed by atoms with Crippen LogP contribution in [-0.2, 0) is 17.9 Å². The predicted molar refractivity (Wildman–Crippen MR) is 87.8 cm³/mol. The van der Waals surface area contributed by atoms with E-state index in [4.69, 9.17) is 0 Å². The molecule has 0 saturated heterocycles. The van der Waals surface area contributed by atoms with Gasteiger partial charge < -0.3 is 0 Å². The highest BCUT2D eigenvalue weighted by Crippen LogP contribution is 2.14. The van der Waals surface area contributed by atoms with E-state index in [9.17, 15) is 14.9 Å². The van der Waals surface area contributed by atoms with Crippen LogP contribution in [0.2, 0.25) is 0 Å². The minimum atomic E-state index is -0.538. The monoisotopic (exact) mass is 341 g/mol. The molecule has 0 aliphatic heterocycles. The Labute approximate surface area is 142 Å². The zero-order valence-corrected chi connectivity index (χ0v) is 13.4. The lowest BCUT2D eigenvalue weighted by Crippen LogP contribution is -2.20. The van der Waals surface area contributed by atoms with Gasteiger partial charge in [0.1, 0.15) is 24.8 Å². The molecule has 1 N–H and O–H groups in total. The number of carbonyl (C=O) groups is 1. The lowest BCUT2D eigenvalue weighted by atomic mass is 10.2. The first-order valence-corrected chi connectivity index (χ1v) is 7.43. The summed E-state index contributed by atoms with van der Waals surface area (Å²) in [4.78, 5) is 26.3. The number of benzene rings is 1. The SMILES string of the molecule is Cc1nn(CC(=O)Nc2ncn(Cc3ccccc3)n2)cc1[N+](=O)[O-]. The van der Waals surface area contributed by atoms with Crippen molar-refractivity contribution in [1.82, 2.24) is 24.5 Å². The molecule has 0 fully saturated rings. The van der Waals surface area contributed by atoms with Gasteiger partial charge in [0.2, 0.25) is 11.9 Å². The molecule has 128 valence electrons. The van der Waals surface area contributed by atoms with E-state index in [1.165, 1.54) is 24.1 Å². The van der Waals surface area contributed by atoms with Crippen molar-refractivity contribution in [3.8, 4) is 0 Å². The van der Waals surface area contributed by atoms with E-state index in [-0.39, 0.29) is 23.9 Å². The van der Waals surface area contributed by atoms with Crippen molar-refractivity contribution in [1.29, 1.82) is 0 Å². The zero-order valence-electron chi connectivity index (χ0n) is 13.4. The van der Waals surface area contributed by atoms with Gasteiger partial charge >= 0.3 is 5.69 Å². The maximum Gasteiger partial charge on any atom is 0.309 e. The molecular weight excluding hydrogens is 326 g/mol. The minimum Gasteiger partial charge on any atom is -0.292 e. The maximum absolute atomic E-state index is 12.0. The lowest BCUT2D eigenvalue weighted by molar-refractivity contribution is -0.385. The molecule has 2 heterocycles. The van der Waals surface area contributed by atoms with Gasteiger partial charge in [0.05, 0.1) is 11.5 Å². The summed E-state index contributed by atoms with van der Waals surface area (Å²) in [5.74, 6) is -0.255. The van der Waals surface area contributed by atoms with Crippen LogP contribution in [0.3, 0.4) is 0 Å². The average Bonchev–Trinajstić information content (AvgIpc) is 3.14. The van der Waals surface area contributed by atoms with Gasteiger partial charge in [-0.1, -0.05) is 30.3 Å². The van der Waals surface area contributed by atoms with Crippen molar-refractivity contribution >= 4 is 17.5 Å². The first-order valence-electron chi connectivity index (χ1n) is 7.43. The van der Waals surface area contributed by atoms with E-state index in [0.29, 0.717) is 6.54 Å². The van der Waals surface area contributed by atoms with E-state index in [1.54, 1.807) is 4.68 Å². The molecule has 3 rings (SSSR count). The summed E-state index contributed by atoms with van der Waals surface area (Å²) >= 11 is 0. The summed E-state index contributed by atoms with van der Waals surface area (Å²) in [5.41, 5.74) is 1.19. The second-order valence-electron chi connectivity index (χ2n) is 5.35. The number of carbonyl (C=O) groups excluding carboxylic acids is 1. The Morgan fingerprint density at radius 2 is 2.00 bits per heavy atom. The van der Waals surface area contributed by atoms with Crippen molar-refractivity contribution in [3.63, 3.8) is 0 Å². The van der Waals surface area contributed by atoms with Gasteiger partial charge in [-0.25, -0.2) is 9.67 Å². The van der Waals surface area contributed by atoms with Gasteiger partial charge in [-0.15, -0.1) is 5.10 Å². The molecule has 10 heteroatoms. The Hall–Kier alpha value is -3.56. The molecule has 10 nitrogen and oxygen atoms in total. The predicted octanol–water partition coefficient (Wildman–Crippen LogP) is 1.38. The summed E-state index contributed by atoms with van der Waals surface area (Å²) in [5, 5.41) is 21.5. The molecular formula is C15H15N7O3. The highest BCUT2D eigenvalue weighted by molar-refractivity contribution is 5.88. The van der Waals surface area contributed by atoms with E-state index in [2.05, 4.69) is 20.5 Å². The summed E-state index contributed by atoms with van der Waals surface area (Å²) < 4.78 is 2.82. The van der Waals surface area contributed by atoms with Crippen LogP contribution in [0.5, 0.6) is 0 Å². The van der Waals surface area contributed by atoms with Crippen molar-refractivity contribution in [2.24, 2.45) is 0 Å². The number of rotatable bonds is 6. The van der Waals surface area contributed by atoms with Crippen LogP contribution in [0.1, 0.15) is 11.3 Å². The first-order chi connectivity index (χ1) is 12.0. The molecule has 3 aromatic rings. The van der Waals surface area contributed by atoms with Crippen molar-refractivity contribution in [3.05, 3.63) is 64.2 Å². The number of hydrogen-bond donors (Lipinski definition) is 1. The van der Waals surface area contributed by atoms with Crippen LogP contribution in [0.4, 0.5) is 11.6 Å². The van der Waals surface area contributed by atoms with Gasteiger partial charge in [0, 0.05) is 0 Å². The minimum absolute atomic E-state index is 0.127. The molecule has 2 aromatic heterocycles. The summed E-state index contributed by atoms with van der Waals surface area (Å²) in [7, 11) is 0. The third-order valence-corrected chi connectivity index (χ3v) is 3.40. The van der Waals surface area contributed by atoms with Crippen LogP contribution >= 0.6 is 0 Å². The average molecular weight is 341 g/mol. The second kappa shape index (κ2) is 6.91. The number of hydrogen-bond acceptors (Lipinski definition) is 6. The molecule has 1 amide bonds. The molecule has 0 aliphatic rings. The number of aryl methyl sites for hydroxylation is 1. The van der Waals surface area contributed by atoms with E-state index < -0.39 is 10.8 Å². The van der Waals surface area contributed by atoms with E-state index in [0.717, 1.165) is 5.56 Å². The van der Waals surface area contributed by atoms with Crippen LogP contribution in [0.25, 0.3) is 0 Å². The molecule has 0 atom stereocenters. The smallest absolute Gasteiger partial charge is 0.292 e. The second-order valence-corrected chi connectivity index (χ2v) is 5.35. The van der Waals surface area contributed by atoms with Gasteiger partial charge in [-0.05, 0) is 12.5 Å². The summed E-state index contributed by atoms with van der Waals surface area (Å²) in [6.07, 6.45) is 2.74. The topological polar surface area (TPSA) is 121 Å². The largest absolute Gasteiger partial charge is 0.309 e. The Kier molecular flexibility index (Phi) is 4.50. The van der Waals surface area contributed by atoms with Gasteiger partial charge in [0.15, 0.2) is 0 Å².